The van der Waals surface area contributed by atoms with Gasteiger partial charge in [-0.1, -0.05) is 62.3 Å². The lowest BCUT2D eigenvalue weighted by Gasteiger charge is -2.19. The molecule has 0 saturated heterocycles. The number of sulfone groups is 1. The van der Waals surface area contributed by atoms with Crippen LogP contribution in [-0.4, -0.2) is 13.4 Å². The van der Waals surface area contributed by atoms with Gasteiger partial charge in [0.2, 0.25) is 0 Å². The summed E-state index contributed by atoms with van der Waals surface area (Å²) in [6.45, 7) is 6.31. The van der Waals surface area contributed by atoms with Crippen molar-refractivity contribution < 1.29 is 8.42 Å². The molecular weight excluding hydrogens is 410 g/mol. The van der Waals surface area contributed by atoms with Crippen molar-refractivity contribution in [1.82, 2.24) is 4.98 Å². The lowest BCUT2D eigenvalue weighted by molar-refractivity contribution is 0.586. The molecule has 0 N–H and O–H groups in total. The van der Waals surface area contributed by atoms with Crippen LogP contribution in [0.25, 0.3) is 0 Å². The second kappa shape index (κ2) is 8.27. The smallest absolute Gasteiger partial charge is 0.182 e. The molecule has 1 aromatic heterocycles. The fourth-order valence-electron chi connectivity index (χ4n) is 2.73. The average molecular weight is 432 g/mol. The number of hydrogen-bond donors (Lipinski definition) is 0. The maximum atomic E-state index is 13.0. The van der Waals surface area contributed by atoms with Crippen molar-refractivity contribution in [3.63, 3.8) is 0 Å². The minimum Gasteiger partial charge on any atom is -0.265 e. The van der Waals surface area contributed by atoms with E-state index in [1.165, 1.54) is 11.8 Å². The van der Waals surface area contributed by atoms with Crippen molar-refractivity contribution >= 4 is 33.2 Å². The highest BCUT2D eigenvalue weighted by Crippen LogP contribution is 2.34. The lowest BCUT2D eigenvalue weighted by atomic mass is 9.87. The Morgan fingerprint density at radius 2 is 1.61 bits per heavy atom. The Morgan fingerprint density at radius 3 is 2.21 bits per heavy atom. The monoisotopic (exact) mass is 431 g/mol. The molecule has 0 amide bonds. The van der Waals surface area contributed by atoms with Gasteiger partial charge >= 0.3 is 0 Å². The van der Waals surface area contributed by atoms with Gasteiger partial charge < -0.3 is 0 Å². The fraction of sp³-hybridized carbons (Fsp3) is 0.227. The summed E-state index contributed by atoms with van der Waals surface area (Å²) < 4.78 is 26.0. The van der Waals surface area contributed by atoms with Gasteiger partial charge in [0, 0.05) is 27.2 Å². The highest BCUT2D eigenvalue weighted by atomic mass is 35.5. The Balaban J connectivity index is 1.90. The molecule has 0 spiro atoms. The van der Waals surface area contributed by atoms with Crippen LogP contribution >= 0.6 is 23.4 Å². The van der Waals surface area contributed by atoms with Crippen LogP contribution in [0.5, 0.6) is 0 Å². The predicted molar refractivity (Wildman–Crippen MR) is 116 cm³/mol. The standard InChI is InChI=1S/C22H22ClNO2S2/c1-22(2,3)17-5-8-20(9-6-17)28(25,26)15-16-4-7-18(23)14-21(16)27-19-10-12-24-13-11-19/h4-14H,15H2,1-3H3. The van der Waals surface area contributed by atoms with Crippen molar-refractivity contribution in [2.75, 3.05) is 0 Å². The van der Waals surface area contributed by atoms with Gasteiger partial charge in [-0.05, 0) is 52.9 Å². The number of pyridine rings is 1. The van der Waals surface area contributed by atoms with Crippen LogP contribution in [0.15, 0.2) is 81.7 Å². The zero-order valence-corrected chi connectivity index (χ0v) is 18.4. The van der Waals surface area contributed by atoms with Crippen LogP contribution in [0, 0.1) is 0 Å². The summed E-state index contributed by atoms with van der Waals surface area (Å²) in [6.07, 6.45) is 3.42. The summed E-state index contributed by atoms with van der Waals surface area (Å²) in [5.74, 6) is -0.0769. The van der Waals surface area contributed by atoms with Gasteiger partial charge in [-0.15, -0.1) is 0 Å². The van der Waals surface area contributed by atoms with Gasteiger partial charge in [-0.25, -0.2) is 8.42 Å². The van der Waals surface area contributed by atoms with Gasteiger partial charge in [-0.2, -0.15) is 0 Å². The third-order valence-corrected chi connectivity index (χ3v) is 7.36. The van der Waals surface area contributed by atoms with Crippen LogP contribution in [0.4, 0.5) is 0 Å². The Labute approximate surface area is 176 Å². The molecule has 3 nitrogen and oxygen atoms in total. The Kier molecular flexibility index (Phi) is 6.18. The van der Waals surface area contributed by atoms with E-state index in [2.05, 4.69) is 25.8 Å². The van der Waals surface area contributed by atoms with E-state index < -0.39 is 9.84 Å². The van der Waals surface area contributed by atoms with E-state index in [0.29, 0.717) is 9.92 Å². The molecule has 0 saturated carbocycles. The normalized spacial score (nSPS) is 12.1. The summed E-state index contributed by atoms with van der Waals surface area (Å²) in [7, 11) is -3.47. The highest BCUT2D eigenvalue weighted by Gasteiger charge is 2.20. The molecule has 0 bridgehead atoms. The number of nitrogens with zero attached hydrogens (tertiary/aromatic N) is 1. The molecule has 146 valence electrons. The van der Waals surface area contributed by atoms with Crippen molar-refractivity contribution in [2.24, 2.45) is 0 Å². The Morgan fingerprint density at radius 1 is 0.964 bits per heavy atom. The molecule has 1 heterocycles. The van der Waals surface area contributed by atoms with Crippen LogP contribution in [0.3, 0.4) is 0 Å². The summed E-state index contributed by atoms with van der Waals surface area (Å²) in [4.78, 5) is 6.15. The summed E-state index contributed by atoms with van der Waals surface area (Å²) in [5, 5.41) is 0.576. The topological polar surface area (TPSA) is 47.0 Å². The molecule has 0 aliphatic rings. The van der Waals surface area contributed by atoms with E-state index in [1.807, 2.05) is 24.3 Å². The fourth-order valence-corrected chi connectivity index (χ4v) is 5.40. The van der Waals surface area contributed by atoms with E-state index in [0.717, 1.165) is 20.9 Å². The number of halogens is 1. The predicted octanol–water partition coefficient (Wildman–Crippen LogP) is 6.16. The van der Waals surface area contributed by atoms with Crippen LogP contribution in [0.1, 0.15) is 31.9 Å². The molecule has 3 rings (SSSR count). The zero-order valence-electron chi connectivity index (χ0n) is 16.0. The summed E-state index contributed by atoms with van der Waals surface area (Å²) >= 11 is 7.64. The first-order valence-corrected chi connectivity index (χ1v) is 11.7. The van der Waals surface area contributed by atoms with Crippen molar-refractivity contribution in [3.8, 4) is 0 Å². The molecule has 2 aromatic carbocycles. The Bertz CT molecular complexity index is 1060. The average Bonchev–Trinajstić information content (AvgIpc) is 2.64. The molecule has 0 unspecified atom stereocenters. The van der Waals surface area contributed by atoms with Crippen molar-refractivity contribution in [3.05, 3.63) is 83.1 Å². The molecule has 6 heteroatoms. The van der Waals surface area contributed by atoms with Crippen molar-refractivity contribution in [2.45, 2.75) is 46.6 Å². The second-order valence-electron chi connectivity index (χ2n) is 7.57. The van der Waals surface area contributed by atoms with Crippen molar-refractivity contribution in [1.29, 1.82) is 0 Å². The first-order valence-electron chi connectivity index (χ1n) is 8.85. The SMILES string of the molecule is CC(C)(C)c1ccc(S(=O)(=O)Cc2ccc(Cl)cc2Sc2ccncc2)cc1. The molecule has 0 aliphatic heterocycles. The minimum atomic E-state index is -3.47. The van der Waals surface area contributed by atoms with E-state index in [9.17, 15) is 8.42 Å². The highest BCUT2D eigenvalue weighted by molar-refractivity contribution is 7.99. The van der Waals surface area contributed by atoms with E-state index in [-0.39, 0.29) is 11.2 Å². The zero-order chi connectivity index (χ0) is 20.4. The summed E-state index contributed by atoms with van der Waals surface area (Å²) in [5.41, 5.74) is 1.81. The first-order chi connectivity index (χ1) is 13.1. The van der Waals surface area contributed by atoms with E-state index in [4.69, 9.17) is 11.6 Å². The molecule has 28 heavy (non-hydrogen) atoms. The number of hydrogen-bond acceptors (Lipinski definition) is 4. The quantitative estimate of drug-likeness (QED) is 0.485. The molecule has 0 aliphatic carbocycles. The maximum Gasteiger partial charge on any atom is 0.182 e. The van der Waals surface area contributed by atoms with E-state index >= 15 is 0 Å². The Hall–Kier alpha value is -1.82. The number of aromatic nitrogens is 1. The third-order valence-electron chi connectivity index (χ3n) is 4.33. The van der Waals surface area contributed by atoms with Gasteiger partial charge in [-0.3, -0.25) is 4.98 Å². The largest absolute Gasteiger partial charge is 0.265 e. The molecular formula is C22H22ClNO2S2. The molecule has 0 atom stereocenters. The van der Waals surface area contributed by atoms with Gasteiger partial charge in [0.1, 0.15) is 0 Å². The minimum absolute atomic E-state index is 0.0210. The molecule has 0 radical (unpaired) electrons. The van der Waals surface area contributed by atoms with Crippen LogP contribution in [-0.2, 0) is 21.0 Å². The maximum absolute atomic E-state index is 13.0. The van der Waals surface area contributed by atoms with E-state index in [1.54, 1.807) is 42.7 Å². The van der Waals surface area contributed by atoms with Gasteiger partial charge in [0.25, 0.3) is 0 Å². The van der Waals surface area contributed by atoms with Gasteiger partial charge in [0.15, 0.2) is 9.84 Å². The lowest BCUT2D eigenvalue weighted by Crippen LogP contribution is -2.12. The number of benzene rings is 2. The molecule has 0 fully saturated rings. The first kappa shape index (κ1) is 20.9. The third kappa shape index (κ3) is 5.16. The van der Waals surface area contributed by atoms with Crippen LogP contribution < -0.4 is 0 Å². The number of rotatable bonds is 5. The van der Waals surface area contributed by atoms with Gasteiger partial charge in [0.05, 0.1) is 10.6 Å². The summed E-state index contributed by atoms with van der Waals surface area (Å²) in [6, 6.07) is 16.3. The van der Waals surface area contributed by atoms with Crippen LogP contribution in [0.2, 0.25) is 5.02 Å². The molecule has 3 aromatic rings. The second-order valence-corrected chi connectivity index (χ2v) is 11.1.